The van der Waals surface area contributed by atoms with Gasteiger partial charge in [-0.3, -0.25) is 0 Å². The summed E-state index contributed by atoms with van der Waals surface area (Å²) < 4.78 is 0. The monoisotopic (exact) mass is 233 g/mol. The van der Waals surface area contributed by atoms with Gasteiger partial charge < -0.3 is 0 Å². The van der Waals surface area contributed by atoms with E-state index in [1.165, 1.54) is 7.06 Å². The van der Waals surface area contributed by atoms with Crippen LogP contribution in [0, 0.1) is 0 Å². The number of rotatable bonds is 3. The molecule has 0 aromatic rings. The first-order valence-electron chi connectivity index (χ1n) is 1.92. The van der Waals surface area contributed by atoms with Crippen LogP contribution in [0.3, 0.4) is 0 Å². The van der Waals surface area contributed by atoms with Crippen LogP contribution in [0.4, 0.5) is 0 Å². The molecule has 6 heteroatoms. The fraction of sp³-hybridized carbons (Fsp3) is 1.00. The Balaban J connectivity index is 0. The van der Waals surface area contributed by atoms with E-state index in [1.807, 2.05) is 0 Å². The van der Waals surface area contributed by atoms with E-state index in [2.05, 4.69) is 0 Å². The molecule has 0 aliphatic carbocycles. The van der Waals surface area contributed by atoms with E-state index in [1.54, 1.807) is 7.17 Å². The molecule has 0 amide bonds. The van der Waals surface area contributed by atoms with Crippen LogP contribution in [0.5, 0.6) is 0 Å². The zero-order valence-corrected chi connectivity index (χ0v) is 7.26. The van der Waals surface area contributed by atoms with Crippen molar-refractivity contribution in [1.29, 1.82) is 0 Å². The molecule has 0 saturated heterocycles. The van der Waals surface area contributed by atoms with Crippen molar-refractivity contribution >= 4 is 45.2 Å². The second-order valence-electron chi connectivity index (χ2n) is 1.05. The van der Waals surface area contributed by atoms with E-state index in [-0.39, 0.29) is 24.3 Å². The van der Waals surface area contributed by atoms with Gasteiger partial charge in [0.15, 0.2) is 0 Å². The van der Waals surface area contributed by atoms with Gasteiger partial charge in [0.1, 0.15) is 0 Å². The maximum atomic E-state index is 5.32. The molecule has 0 fully saturated rings. The van der Waals surface area contributed by atoms with Crippen molar-refractivity contribution in [3.63, 3.8) is 0 Å². The standard InChI is InChI=1S/C2H3B3Cl2.Rh/c3-5-4-1-2(6)7;/h2H,1H2;. The molecule has 0 unspecified atom stereocenters. The Morgan fingerprint density at radius 3 is 2.12 bits per heavy atom. The molecule has 0 spiro atoms. The van der Waals surface area contributed by atoms with Gasteiger partial charge in [-0.2, -0.15) is 0 Å². The molecule has 0 heterocycles. The zero-order valence-electron chi connectivity index (χ0n) is 4.11. The summed E-state index contributed by atoms with van der Waals surface area (Å²) in [6.07, 6.45) is 0.625. The third kappa shape index (κ3) is 10.4. The first-order valence-corrected chi connectivity index (χ1v) is 2.79. The smallest absolute Gasteiger partial charge is 0.0997 e. The van der Waals surface area contributed by atoms with Gasteiger partial charge in [-0.25, -0.2) is 0 Å². The van der Waals surface area contributed by atoms with Crippen LogP contribution in [0.2, 0.25) is 6.32 Å². The molecular formula is C2H3B3Cl2Rh. The molecule has 43 valence electrons. The third-order valence-corrected chi connectivity index (χ3v) is 0.807. The Morgan fingerprint density at radius 2 is 2.00 bits per heavy atom. The van der Waals surface area contributed by atoms with Crippen LogP contribution in [0.15, 0.2) is 0 Å². The average Bonchev–Trinajstić information content (AvgIpc) is 1.61. The maximum Gasteiger partial charge on any atom is 0.0997 e. The van der Waals surface area contributed by atoms with E-state index in [4.69, 9.17) is 30.9 Å². The molecule has 0 bridgehead atoms. The summed E-state index contributed by atoms with van der Waals surface area (Å²) in [6, 6.07) is 0. The van der Waals surface area contributed by atoms with Crippen LogP contribution in [0.25, 0.3) is 0 Å². The quantitative estimate of drug-likeness (QED) is 0.495. The molecule has 0 rings (SSSR count). The van der Waals surface area contributed by atoms with Crippen LogP contribution in [-0.4, -0.2) is 26.8 Å². The van der Waals surface area contributed by atoms with Crippen molar-refractivity contribution < 1.29 is 19.5 Å². The number of hydrogen-bond donors (Lipinski definition) is 0. The summed E-state index contributed by atoms with van der Waals surface area (Å²) in [5, 5.41) is 0. The van der Waals surface area contributed by atoms with Crippen LogP contribution < -0.4 is 0 Å². The van der Waals surface area contributed by atoms with Crippen molar-refractivity contribution in [2.24, 2.45) is 0 Å². The van der Waals surface area contributed by atoms with E-state index in [0.29, 0.717) is 6.32 Å². The predicted octanol–water partition coefficient (Wildman–Crippen LogP) is 0.613. The van der Waals surface area contributed by atoms with E-state index in [9.17, 15) is 0 Å². The molecule has 5 radical (unpaired) electrons. The van der Waals surface area contributed by atoms with Crippen molar-refractivity contribution in [2.75, 3.05) is 0 Å². The minimum atomic E-state index is -0.320. The fourth-order valence-corrected chi connectivity index (χ4v) is 0.387. The second kappa shape index (κ2) is 8.40. The molecule has 0 N–H and O–H groups in total. The van der Waals surface area contributed by atoms with Gasteiger partial charge in [-0.15, -0.1) is 23.2 Å². The van der Waals surface area contributed by atoms with Crippen LogP contribution in [-0.2, 0) is 19.5 Å². The molecule has 0 atom stereocenters. The normalized spacial score (nSPS) is 7.88. The predicted molar refractivity (Wildman–Crippen MR) is 37.6 cm³/mol. The third-order valence-electron chi connectivity index (χ3n) is 0.450. The molecule has 0 saturated carbocycles. The minimum Gasteiger partial charge on any atom is -0.106 e. The van der Waals surface area contributed by atoms with Crippen LogP contribution >= 0.6 is 23.2 Å². The van der Waals surface area contributed by atoms with Gasteiger partial charge in [-0.1, -0.05) is 6.32 Å². The van der Waals surface area contributed by atoms with Crippen LogP contribution in [0.1, 0.15) is 0 Å². The van der Waals surface area contributed by atoms with Crippen molar-refractivity contribution in [2.45, 2.75) is 11.2 Å². The molecular weight excluding hydrogens is 230 g/mol. The molecule has 0 aromatic carbocycles. The number of hydrogen-bond acceptors (Lipinski definition) is 0. The first kappa shape index (κ1) is 12.1. The Bertz CT molecular complexity index is 44.3. The molecule has 8 heavy (non-hydrogen) atoms. The first-order chi connectivity index (χ1) is 3.27. The van der Waals surface area contributed by atoms with Gasteiger partial charge in [0.25, 0.3) is 0 Å². The summed E-state index contributed by atoms with van der Waals surface area (Å²) in [6.45, 7) is 0. The second-order valence-corrected chi connectivity index (χ2v) is 2.33. The number of halogens is 2. The molecule has 0 aromatic heterocycles. The molecule has 0 aliphatic heterocycles. The summed E-state index contributed by atoms with van der Waals surface area (Å²) in [4.78, 5) is -0.320. The summed E-state index contributed by atoms with van der Waals surface area (Å²) in [7, 11) is 8.12. The largest absolute Gasteiger partial charge is 0.106 e. The average molecular weight is 233 g/mol. The van der Waals surface area contributed by atoms with Gasteiger partial charge in [0.05, 0.1) is 12.0 Å². The molecule has 0 aliphatic rings. The van der Waals surface area contributed by atoms with Gasteiger partial charge in [0, 0.05) is 34.3 Å². The van der Waals surface area contributed by atoms with Gasteiger partial charge >= 0.3 is 0 Å². The summed E-state index contributed by atoms with van der Waals surface area (Å²) in [5.74, 6) is 0. The Kier molecular flexibility index (Phi) is 12.7. The zero-order chi connectivity index (χ0) is 5.70. The minimum absolute atomic E-state index is 0. The Labute approximate surface area is 75.7 Å². The topological polar surface area (TPSA) is 0 Å². The van der Waals surface area contributed by atoms with E-state index < -0.39 is 0 Å². The fourth-order valence-electron chi connectivity index (χ4n) is 0.181. The Morgan fingerprint density at radius 1 is 1.50 bits per heavy atom. The van der Waals surface area contributed by atoms with E-state index >= 15 is 0 Å². The summed E-state index contributed by atoms with van der Waals surface area (Å²) >= 11 is 10.6. The molecule has 0 nitrogen and oxygen atoms in total. The van der Waals surface area contributed by atoms with Gasteiger partial charge in [0.2, 0.25) is 0 Å². The van der Waals surface area contributed by atoms with Crippen molar-refractivity contribution in [1.82, 2.24) is 0 Å². The SMILES string of the molecule is [B][B][B]CC(Cl)Cl.[Rh]. The Hall–Kier alpha value is 1.40. The number of alkyl halides is 2. The maximum absolute atomic E-state index is 5.32. The van der Waals surface area contributed by atoms with Crippen molar-refractivity contribution in [3.8, 4) is 0 Å². The van der Waals surface area contributed by atoms with E-state index in [0.717, 1.165) is 0 Å². The van der Waals surface area contributed by atoms with Gasteiger partial charge in [-0.05, 0) is 0 Å². The summed E-state index contributed by atoms with van der Waals surface area (Å²) in [5.41, 5.74) is 0. The van der Waals surface area contributed by atoms with Crippen molar-refractivity contribution in [3.05, 3.63) is 0 Å².